The molecule has 2 N–H and O–H groups in total. The topological polar surface area (TPSA) is 63.5 Å². The van der Waals surface area contributed by atoms with Crippen LogP contribution in [0.15, 0.2) is 42.7 Å². The van der Waals surface area contributed by atoms with E-state index in [1.54, 1.807) is 6.07 Å². The molecule has 0 saturated carbocycles. The smallest absolute Gasteiger partial charge is 0.208 e. The van der Waals surface area contributed by atoms with Gasteiger partial charge in [-0.2, -0.15) is 0 Å². The van der Waals surface area contributed by atoms with Crippen LogP contribution < -0.4 is 15.4 Å². The molecule has 2 aromatic heterocycles. The summed E-state index contributed by atoms with van der Waals surface area (Å²) in [5.41, 5.74) is 7.76. The second-order valence-corrected chi connectivity index (χ2v) is 8.21. The molecule has 0 unspecified atom stereocenters. The summed E-state index contributed by atoms with van der Waals surface area (Å²) in [7, 11) is 1.94. The molecule has 0 radical (unpaired) electrons. The summed E-state index contributed by atoms with van der Waals surface area (Å²) < 4.78 is 22.1. The lowest BCUT2D eigenvalue weighted by Crippen LogP contribution is -2.10. The van der Waals surface area contributed by atoms with E-state index in [1.165, 1.54) is 17.2 Å². The van der Waals surface area contributed by atoms with Crippen LogP contribution in [-0.4, -0.2) is 28.0 Å². The zero-order valence-corrected chi connectivity index (χ0v) is 18.5. The number of benzene rings is 2. The minimum atomic E-state index is -0.228. The monoisotopic (exact) mass is 431 g/mol. The summed E-state index contributed by atoms with van der Waals surface area (Å²) in [5, 5.41) is 6.50. The predicted octanol–water partition coefficient (Wildman–Crippen LogP) is 4.42. The molecule has 0 amide bonds. The fraction of sp³-hybridized carbons (Fsp3) is 0.280. The van der Waals surface area contributed by atoms with Crippen molar-refractivity contribution in [2.24, 2.45) is 0 Å². The molecule has 0 saturated heterocycles. The summed E-state index contributed by atoms with van der Waals surface area (Å²) in [6.07, 6.45) is 4.52. The van der Waals surface area contributed by atoms with Crippen LogP contribution in [-0.2, 0) is 19.5 Å². The van der Waals surface area contributed by atoms with Crippen LogP contribution in [0.2, 0.25) is 0 Å². The van der Waals surface area contributed by atoms with E-state index >= 15 is 0 Å². The first-order chi connectivity index (χ1) is 15.5. The van der Waals surface area contributed by atoms with Gasteiger partial charge in [-0.05, 0) is 49.7 Å². The van der Waals surface area contributed by atoms with Gasteiger partial charge in [0.25, 0.3) is 0 Å². The van der Waals surface area contributed by atoms with Crippen molar-refractivity contribution in [3.63, 3.8) is 0 Å². The number of hydrogen-bond acceptors (Lipinski definition) is 5. The van der Waals surface area contributed by atoms with E-state index in [9.17, 15) is 4.39 Å². The standard InChI is InChI=1S/C25H26FN5O/c1-15-10-17(11-27-3)4-5-18(15)21-13-29-25(31-14-16(2)30-24(21)31)28-12-20-19-8-9-32-23(19)7-6-22(20)26/h4-7,10,13-14,27H,8-9,11-12H2,1-3H3,(H,28,29). The van der Waals surface area contributed by atoms with Crippen molar-refractivity contribution in [3.05, 3.63) is 76.5 Å². The summed E-state index contributed by atoms with van der Waals surface area (Å²) >= 11 is 0. The highest BCUT2D eigenvalue weighted by atomic mass is 19.1. The number of aryl methyl sites for hydroxylation is 2. The largest absolute Gasteiger partial charge is 0.493 e. The van der Waals surface area contributed by atoms with E-state index in [0.717, 1.165) is 46.7 Å². The Bertz CT molecular complexity index is 1310. The fourth-order valence-electron chi connectivity index (χ4n) is 4.43. The molecule has 0 fully saturated rings. The Hall–Kier alpha value is -3.45. The zero-order chi connectivity index (χ0) is 22.2. The van der Waals surface area contributed by atoms with Crippen molar-refractivity contribution in [2.75, 3.05) is 19.0 Å². The molecule has 1 aliphatic heterocycles. The van der Waals surface area contributed by atoms with E-state index in [1.807, 2.05) is 30.8 Å². The number of nitrogens with zero attached hydrogens (tertiary/aromatic N) is 3. The summed E-state index contributed by atoms with van der Waals surface area (Å²) in [6.45, 7) is 5.81. The van der Waals surface area contributed by atoms with Gasteiger partial charge in [0.2, 0.25) is 5.95 Å². The van der Waals surface area contributed by atoms with Crippen LogP contribution in [0.25, 0.3) is 16.8 Å². The van der Waals surface area contributed by atoms with Gasteiger partial charge in [-0.15, -0.1) is 0 Å². The second-order valence-electron chi connectivity index (χ2n) is 8.21. The van der Waals surface area contributed by atoms with Gasteiger partial charge in [0, 0.05) is 48.6 Å². The molecule has 2 aromatic carbocycles. The third-order valence-electron chi connectivity index (χ3n) is 5.94. The molecular weight excluding hydrogens is 405 g/mol. The van der Waals surface area contributed by atoms with E-state index in [-0.39, 0.29) is 5.82 Å². The van der Waals surface area contributed by atoms with Gasteiger partial charge in [-0.1, -0.05) is 18.2 Å². The molecule has 6 nitrogen and oxygen atoms in total. The molecule has 7 heteroatoms. The summed E-state index contributed by atoms with van der Waals surface area (Å²) in [5.74, 6) is 1.17. The Kier molecular flexibility index (Phi) is 5.27. The molecule has 0 spiro atoms. The van der Waals surface area contributed by atoms with Crippen LogP contribution in [0.5, 0.6) is 5.75 Å². The van der Waals surface area contributed by atoms with Crippen LogP contribution in [0.4, 0.5) is 10.3 Å². The summed E-state index contributed by atoms with van der Waals surface area (Å²) in [4.78, 5) is 9.44. The number of nitrogens with one attached hydrogen (secondary N) is 2. The average Bonchev–Trinajstić information content (AvgIpc) is 3.40. The first kappa shape index (κ1) is 20.5. The maximum absolute atomic E-state index is 14.5. The highest BCUT2D eigenvalue weighted by Gasteiger charge is 2.20. The highest BCUT2D eigenvalue weighted by molar-refractivity contribution is 5.80. The fourth-order valence-corrected chi connectivity index (χ4v) is 4.43. The van der Waals surface area contributed by atoms with Crippen molar-refractivity contribution in [2.45, 2.75) is 33.4 Å². The van der Waals surface area contributed by atoms with E-state index < -0.39 is 0 Å². The maximum atomic E-state index is 14.5. The molecule has 0 bridgehead atoms. The average molecular weight is 432 g/mol. The maximum Gasteiger partial charge on any atom is 0.208 e. The number of aromatic nitrogens is 3. The molecule has 1 aliphatic rings. The SMILES string of the molecule is CNCc1ccc(-c2cnc(NCc3c(F)ccc4c3CCO4)n3cc(C)nc23)c(C)c1. The minimum Gasteiger partial charge on any atom is -0.493 e. The Balaban J connectivity index is 1.50. The number of anilines is 1. The minimum absolute atomic E-state index is 0.228. The number of fused-ring (bicyclic) bond motifs is 2. The lowest BCUT2D eigenvalue weighted by atomic mass is 10.00. The number of halogens is 1. The van der Waals surface area contributed by atoms with Gasteiger partial charge in [0.15, 0.2) is 0 Å². The first-order valence-electron chi connectivity index (χ1n) is 10.8. The molecule has 164 valence electrons. The van der Waals surface area contributed by atoms with Crippen LogP contribution in [0.3, 0.4) is 0 Å². The Labute approximate surface area is 186 Å². The van der Waals surface area contributed by atoms with Gasteiger partial charge in [0.1, 0.15) is 17.2 Å². The predicted molar refractivity (Wildman–Crippen MR) is 124 cm³/mol. The molecule has 3 heterocycles. The molecule has 0 aliphatic carbocycles. The Morgan fingerprint density at radius 1 is 1.12 bits per heavy atom. The number of hydrogen-bond donors (Lipinski definition) is 2. The van der Waals surface area contributed by atoms with Gasteiger partial charge >= 0.3 is 0 Å². The molecule has 0 atom stereocenters. The Morgan fingerprint density at radius 2 is 2.00 bits per heavy atom. The number of rotatable bonds is 6. The van der Waals surface area contributed by atoms with Gasteiger partial charge in [0.05, 0.1) is 12.3 Å². The van der Waals surface area contributed by atoms with E-state index in [0.29, 0.717) is 24.7 Å². The Morgan fingerprint density at radius 3 is 2.81 bits per heavy atom. The third-order valence-corrected chi connectivity index (χ3v) is 5.94. The van der Waals surface area contributed by atoms with Crippen molar-refractivity contribution in [1.29, 1.82) is 0 Å². The van der Waals surface area contributed by atoms with E-state index in [4.69, 9.17) is 9.72 Å². The van der Waals surface area contributed by atoms with E-state index in [2.05, 4.69) is 40.7 Å². The lowest BCUT2D eigenvalue weighted by molar-refractivity contribution is 0.356. The first-order valence-corrected chi connectivity index (χ1v) is 10.8. The van der Waals surface area contributed by atoms with Gasteiger partial charge in [-0.25, -0.2) is 14.4 Å². The second kappa shape index (κ2) is 8.24. The van der Waals surface area contributed by atoms with Crippen LogP contribution in [0.1, 0.15) is 27.9 Å². The van der Waals surface area contributed by atoms with Crippen LogP contribution >= 0.6 is 0 Å². The normalized spacial score (nSPS) is 12.8. The van der Waals surface area contributed by atoms with Gasteiger partial charge < -0.3 is 15.4 Å². The van der Waals surface area contributed by atoms with Gasteiger partial charge in [-0.3, -0.25) is 4.40 Å². The highest BCUT2D eigenvalue weighted by Crippen LogP contribution is 2.32. The lowest BCUT2D eigenvalue weighted by Gasteiger charge is -2.14. The van der Waals surface area contributed by atoms with Crippen molar-refractivity contribution in [3.8, 4) is 16.9 Å². The quantitative estimate of drug-likeness (QED) is 0.473. The third kappa shape index (κ3) is 3.58. The zero-order valence-electron chi connectivity index (χ0n) is 18.5. The van der Waals surface area contributed by atoms with Crippen molar-refractivity contribution >= 4 is 11.6 Å². The summed E-state index contributed by atoms with van der Waals surface area (Å²) in [6, 6.07) is 9.60. The molecule has 4 aromatic rings. The van der Waals surface area contributed by atoms with Crippen molar-refractivity contribution in [1.82, 2.24) is 19.7 Å². The number of imidazole rings is 1. The van der Waals surface area contributed by atoms with Crippen molar-refractivity contribution < 1.29 is 9.13 Å². The number of ether oxygens (including phenoxy) is 1. The molecule has 32 heavy (non-hydrogen) atoms. The molecular formula is C25H26FN5O. The molecule has 5 rings (SSSR count). The van der Waals surface area contributed by atoms with Crippen LogP contribution in [0, 0.1) is 19.7 Å².